The van der Waals surface area contributed by atoms with Gasteiger partial charge in [-0.25, -0.2) is 0 Å². The molecule has 0 bridgehead atoms. The Kier molecular flexibility index (Phi) is 4.77. The Morgan fingerprint density at radius 3 is 2.36 bits per heavy atom. The number of rotatable bonds is 2. The Morgan fingerprint density at radius 2 is 1.68 bits per heavy atom. The summed E-state index contributed by atoms with van der Waals surface area (Å²) in [5.74, 6) is 0. The highest BCUT2D eigenvalue weighted by atomic mass is 19.4. The molecule has 1 aromatic heterocycles. The van der Waals surface area contributed by atoms with E-state index in [0.717, 1.165) is 48.2 Å². The monoisotopic (exact) mass is 384 g/mol. The predicted molar refractivity (Wildman–Crippen MR) is 102 cm³/mol. The number of hydrogen-bond acceptors (Lipinski definition) is 4. The lowest BCUT2D eigenvalue weighted by Gasteiger charge is -2.25. The molecule has 1 aliphatic heterocycles. The van der Waals surface area contributed by atoms with Crippen LogP contribution in [0.3, 0.4) is 0 Å². The second kappa shape index (κ2) is 7.24. The number of fused-ring (bicyclic) bond motifs is 1. The molecule has 0 atom stereocenters. The van der Waals surface area contributed by atoms with Crippen molar-refractivity contribution >= 4 is 11.4 Å². The fraction of sp³-hybridized carbons (Fsp3) is 0.238. The number of anilines is 2. The normalized spacial score (nSPS) is 15.2. The Morgan fingerprint density at radius 1 is 0.893 bits per heavy atom. The molecular formula is C21H19F3N4. The smallest absolute Gasteiger partial charge is 0.340 e. The van der Waals surface area contributed by atoms with Gasteiger partial charge in [-0.15, -0.1) is 10.2 Å². The molecule has 2 aromatic carbocycles. The van der Waals surface area contributed by atoms with Crippen LogP contribution in [0.4, 0.5) is 24.5 Å². The van der Waals surface area contributed by atoms with E-state index in [9.17, 15) is 13.2 Å². The van der Waals surface area contributed by atoms with Gasteiger partial charge in [-0.1, -0.05) is 24.3 Å². The highest BCUT2D eigenvalue weighted by molar-refractivity contribution is 5.72. The molecule has 0 saturated carbocycles. The topological polar surface area (TPSA) is 32.3 Å². The van der Waals surface area contributed by atoms with E-state index in [4.69, 9.17) is 0 Å². The molecule has 1 aliphatic rings. The van der Waals surface area contributed by atoms with E-state index in [0.29, 0.717) is 5.69 Å². The molecule has 0 N–H and O–H groups in total. The highest BCUT2D eigenvalue weighted by Gasteiger charge is 2.33. The second-order valence-electron chi connectivity index (χ2n) is 6.87. The third kappa shape index (κ3) is 3.71. The van der Waals surface area contributed by atoms with E-state index in [1.165, 1.54) is 6.07 Å². The maximum absolute atomic E-state index is 12.7. The molecule has 0 radical (unpaired) electrons. The van der Waals surface area contributed by atoms with Crippen LogP contribution in [0.2, 0.25) is 0 Å². The largest absolute Gasteiger partial charge is 0.435 e. The summed E-state index contributed by atoms with van der Waals surface area (Å²) in [5.41, 5.74) is 3.50. The first-order valence-electron chi connectivity index (χ1n) is 8.97. The quantitative estimate of drug-likeness (QED) is 0.639. The van der Waals surface area contributed by atoms with Gasteiger partial charge in [-0.2, -0.15) is 13.2 Å². The van der Waals surface area contributed by atoms with Crippen molar-refractivity contribution in [2.45, 2.75) is 12.7 Å². The van der Waals surface area contributed by atoms with Gasteiger partial charge >= 0.3 is 6.18 Å². The summed E-state index contributed by atoms with van der Waals surface area (Å²) in [5, 5.41) is 7.13. The zero-order valence-corrected chi connectivity index (χ0v) is 15.3. The minimum atomic E-state index is -4.49. The van der Waals surface area contributed by atoms with E-state index in [2.05, 4.69) is 39.2 Å². The minimum absolute atomic E-state index is 0.425. The molecule has 0 aliphatic carbocycles. The van der Waals surface area contributed by atoms with E-state index in [1.807, 2.05) is 36.4 Å². The predicted octanol–water partition coefficient (Wildman–Crippen LogP) is 4.75. The van der Waals surface area contributed by atoms with Crippen molar-refractivity contribution in [3.63, 3.8) is 0 Å². The van der Waals surface area contributed by atoms with E-state index < -0.39 is 11.9 Å². The average molecular weight is 384 g/mol. The van der Waals surface area contributed by atoms with Gasteiger partial charge in [0.05, 0.1) is 5.69 Å². The molecule has 3 aromatic rings. The molecule has 4 rings (SSSR count). The Hall–Kier alpha value is -2.93. The molecule has 28 heavy (non-hydrogen) atoms. The number of para-hydroxylation sites is 1. The van der Waals surface area contributed by atoms with Crippen LogP contribution in [0.25, 0.3) is 11.3 Å². The molecule has 4 nitrogen and oxygen atoms in total. The Balaban J connectivity index is 1.72. The van der Waals surface area contributed by atoms with Crippen LogP contribution in [0.1, 0.15) is 11.3 Å². The standard InChI is InChI=1S/C21H19F3N4/c1-27-11-12-28(17-5-3-2-4-6-17)19-9-7-15(13-16(19)14-27)18-8-10-20(26-25-18)21(22,23)24/h2-10,13H,11-12,14H2,1H3. The van der Waals surface area contributed by atoms with Crippen LogP contribution in [0.5, 0.6) is 0 Å². The number of alkyl halides is 3. The fourth-order valence-electron chi connectivity index (χ4n) is 3.41. The van der Waals surface area contributed by atoms with Gasteiger partial charge in [0.25, 0.3) is 0 Å². The number of likely N-dealkylation sites (N-methyl/N-ethyl adjacent to an activating group) is 1. The SMILES string of the molecule is CN1CCN(c2ccccc2)c2ccc(-c3ccc(C(F)(F)F)nn3)cc2C1. The van der Waals surface area contributed by atoms with Crippen LogP contribution < -0.4 is 4.90 Å². The summed E-state index contributed by atoms with van der Waals surface area (Å²) in [4.78, 5) is 4.49. The van der Waals surface area contributed by atoms with Crippen molar-refractivity contribution in [3.05, 3.63) is 71.9 Å². The lowest BCUT2D eigenvalue weighted by molar-refractivity contribution is -0.141. The van der Waals surface area contributed by atoms with Crippen LogP contribution in [-0.2, 0) is 12.7 Å². The lowest BCUT2D eigenvalue weighted by Crippen LogP contribution is -2.26. The van der Waals surface area contributed by atoms with Crippen LogP contribution in [-0.4, -0.2) is 35.2 Å². The summed E-state index contributed by atoms with van der Waals surface area (Å²) in [6, 6.07) is 18.4. The number of hydrogen-bond donors (Lipinski definition) is 0. The summed E-state index contributed by atoms with van der Waals surface area (Å²) < 4.78 is 38.2. The molecule has 144 valence electrons. The van der Waals surface area contributed by atoms with Crippen molar-refractivity contribution in [2.75, 3.05) is 25.0 Å². The van der Waals surface area contributed by atoms with Gasteiger partial charge < -0.3 is 9.80 Å². The van der Waals surface area contributed by atoms with Crippen molar-refractivity contribution < 1.29 is 13.2 Å². The fourth-order valence-corrected chi connectivity index (χ4v) is 3.41. The molecule has 0 spiro atoms. The molecule has 0 unspecified atom stereocenters. The van der Waals surface area contributed by atoms with Crippen molar-refractivity contribution in [1.82, 2.24) is 15.1 Å². The van der Waals surface area contributed by atoms with E-state index in [-0.39, 0.29) is 0 Å². The van der Waals surface area contributed by atoms with Gasteiger partial charge in [-0.3, -0.25) is 0 Å². The van der Waals surface area contributed by atoms with Gasteiger partial charge in [0.2, 0.25) is 0 Å². The average Bonchev–Trinajstić information content (AvgIpc) is 2.85. The minimum Gasteiger partial charge on any atom is -0.340 e. The lowest BCUT2D eigenvalue weighted by atomic mass is 10.0. The number of halogens is 3. The van der Waals surface area contributed by atoms with E-state index >= 15 is 0 Å². The van der Waals surface area contributed by atoms with Gasteiger partial charge in [0, 0.05) is 36.6 Å². The zero-order valence-electron chi connectivity index (χ0n) is 15.3. The molecule has 0 saturated heterocycles. The number of nitrogens with zero attached hydrogens (tertiary/aromatic N) is 4. The third-order valence-corrected chi connectivity index (χ3v) is 4.83. The summed E-state index contributed by atoms with van der Waals surface area (Å²) in [6.07, 6.45) is -4.49. The summed E-state index contributed by atoms with van der Waals surface area (Å²) in [6.45, 7) is 2.51. The van der Waals surface area contributed by atoms with Crippen LogP contribution >= 0.6 is 0 Å². The van der Waals surface area contributed by atoms with Gasteiger partial charge in [0.1, 0.15) is 0 Å². The zero-order chi connectivity index (χ0) is 19.7. The van der Waals surface area contributed by atoms with Gasteiger partial charge in [0.15, 0.2) is 5.69 Å². The number of benzene rings is 2. The maximum atomic E-state index is 12.7. The Bertz CT molecular complexity index is 956. The van der Waals surface area contributed by atoms with Crippen LogP contribution in [0, 0.1) is 0 Å². The van der Waals surface area contributed by atoms with Crippen molar-refractivity contribution in [1.29, 1.82) is 0 Å². The third-order valence-electron chi connectivity index (χ3n) is 4.83. The molecule has 7 heteroatoms. The first kappa shape index (κ1) is 18.4. The van der Waals surface area contributed by atoms with Gasteiger partial charge in [-0.05, 0) is 49.0 Å². The van der Waals surface area contributed by atoms with Crippen LogP contribution in [0.15, 0.2) is 60.7 Å². The number of aromatic nitrogens is 2. The van der Waals surface area contributed by atoms with E-state index in [1.54, 1.807) is 0 Å². The maximum Gasteiger partial charge on any atom is 0.435 e. The molecular weight excluding hydrogens is 365 g/mol. The van der Waals surface area contributed by atoms with Crippen molar-refractivity contribution in [2.24, 2.45) is 0 Å². The summed E-state index contributed by atoms with van der Waals surface area (Å²) >= 11 is 0. The molecule has 0 amide bonds. The van der Waals surface area contributed by atoms with Crippen molar-refractivity contribution in [3.8, 4) is 11.3 Å². The first-order valence-corrected chi connectivity index (χ1v) is 8.97. The molecule has 0 fully saturated rings. The highest BCUT2D eigenvalue weighted by Crippen LogP contribution is 2.34. The summed E-state index contributed by atoms with van der Waals surface area (Å²) in [7, 11) is 2.06. The Labute approximate surface area is 161 Å². The molecule has 2 heterocycles. The second-order valence-corrected chi connectivity index (χ2v) is 6.87. The first-order chi connectivity index (χ1) is 13.4.